The number of aromatic nitrogens is 4. The van der Waals surface area contributed by atoms with Crippen LogP contribution in [-0.4, -0.2) is 72.8 Å². The number of amides is 1. The largest absolute Gasteiger partial charge is 0.465 e. The van der Waals surface area contributed by atoms with Crippen LogP contribution in [0.4, 0.5) is 20.8 Å². The summed E-state index contributed by atoms with van der Waals surface area (Å²) >= 11 is 3.37. The minimum atomic E-state index is -3.82. The molecule has 4 N–H and O–H groups in total. The molecule has 0 aliphatic carbocycles. The molecule has 0 saturated carbocycles. The highest BCUT2D eigenvalue weighted by Gasteiger charge is 2.27. The van der Waals surface area contributed by atoms with Crippen molar-refractivity contribution in [2.45, 2.75) is 32.9 Å². The van der Waals surface area contributed by atoms with Crippen molar-refractivity contribution in [2.24, 2.45) is 0 Å². The van der Waals surface area contributed by atoms with Gasteiger partial charge < -0.3 is 15.7 Å². The van der Waals surface area contributed by atoms with Gasteiger partial charge in [-0.15, -0.1) is 0 Å². The summed E-state index contributed by atoms with van der Waals surface area (Å²) in [5, 5.41) is 18.6. The number of nitrogens with one attached hydrogen (secondary N) is 2. The molecule has 13 nitrogen and oxygen atoms in total. The Hall–Kier alpha value is -3.34. The lowest BCUT2D eigenvalue weighted by atomic mass is 10.0. The predicted octanol–water partition coefficient (Wildman–Crippen LogP) is 3.39. The SMILES string of the molecule is CC(CNc1nccc(-c2cn(C(C)C)nc2-c2cc(Cl)cc(N(CS(C)(=O)=O)S(=O)O)c2F)n1)NC(=O)O. The molecule has 3 rings (SSSR count). The first-order valence-corrected chi connectivity index (χ1v) is 14.9. The maximum Gasteiger partial charge on any atom is 0.404 e. The van der Waals surface area contributed by atoms with E-state index in [0.29, 0.717) is 15.6 Å². The third-order valence-electron chi connectivity index (χ3n) is 5.21. The summed E-state index contributed by atoms with van der Waals surface area (Å²) in [5.74, 6) is -1.77. The molecule has 2 aromatic heterocycles. The number of rotatable bonds is 11. The van der Waals surface area contributed by atoms with Crippen LogP contribution < -0.4 is 14.9 Å². The topological polar surface area (TPSA) is 180 Å². The van der Waals surface area contributed by atoms with Crippen LogP contribution in [0.2, 0.25) is 5.02 Å². The van der Waals surface area contributed by atoms with Gasteiger partial charge in [-0.2, -0.15) is 5.10 Å². The fourth-order valence-electron chi connectivity index (χ4n) is 3.48. The highest BCUT2D eigenvalue weighted by molar-refractivity contribution is 7.92. The van der Waals surface area contributed by atoms with E-state index in [-0.39, 0.29) is 34.8 Å². The van der Waals surface area contributed by atoms with Gasteiger partial charge in [0.2, 0.25) is 5.95 Å². The highest BCUT2D eigenvalue weighted by Crippen LogP contribution is 2.38. The third-order valence-corrected chi connectivity index (χ3v) is 7.02. The Morgan fingerprint density at radius 3 is 2.56 bits per heavy atom. The summed E-state index contributed by atoms with van der Waals surface area (Å²) in [7, 11) is -3.82. The molecule has 212 valence electrons. The van der Waals surface area contributed by atoms with E-state index in [1.807, 2.05) is 13.8 Å². The number of hydrogen-bond donors (Lipinski definition) is 4. The van der Waals surface area contributed by atoms with Crippen LogP contribution >= 0.6 is 11.6 Å². The first-order chi connectivity index (χ1) is 18.2. The molecule has 1 aromatic carbocycles. The Balaban J connectivity index is 2.12. The standard InChI is InChI=1S/C22H27ClFN7O6S2/c1-12(2)30-10-16(17-5-6-25-21(28-17)26-9-13(3)27-22(32)33)20(29-30)15-7-14(23)8-18(19(15)24)31(38(34)35)11-39(4,36)37/h5-8,10,12-13,27H,9,11H2,1-4H3,(H,32,33)(H,34,35)(H,25,26,28). The third kappa shape index (κ3) is 7.84. The van der Waals surface area contributed by atoms with E-state index in [1.165, 1.54) is 12.3 Å². The van der Waals surface area contributed by atoms with Gasteiger partial charge in [-0.05, 0) is 39.0 Å². The molecule has 0 aliphatic heterocycles. The van der Waals surface area contributed by atoms with Crippen LogP contribution in [0.3, 0.4) is 0 Å². The molecule has 17 heteroatoms. The van der Waals surface area contributed by atoms with E-state index in [9.17, 15) is 22.0 Å². The van der Waals surface area contributed by atoms with Gasteiger partial charge in [0, 0.05) is 53.4 Å². The fourth-order valence-corrected chi connectivity index (χ4v) is 5.50. The quantitative estimate of drug-likeness (QED) is 0.237. The van der Waals surface area contributed by atoms with Crippen molar-refractivity contribution >= 4 is 50.4 Å². The Bertz CT molecular complexity index is 1500. The molecule has 0 aliphatic rings. The smallest absolute Gasteiger partial charge is 0.404 e. The maximum atomic E-state index is 15.9. The second-order valence-electron chi connectivity index (χ2n) is 8.91. The van der Waals surface area contributed by atoms with Gasteiger partial charge in [-0.3, -0.25) is 13.5 Å². The highest BCUT2D eigenvalue weighted by atomic mass is 35.5. The normalized spacial score (nSPS) is 13.2. The van der Waals surface area contributed by atoms with Gasteiger partial charge in [0.1, 0.15) is 11.6 Å². The van der Waals surface area contributed by atoms with Crippen LogP contribution in [0, 0.1) is 5.82 Å². The van der Waals surface area contributed by atoms with Crippen molar-refractivity contribution in [2.75, 3.05) is 28.3 Å². The molecule has 1 amide bonds. The zero-order valence-electron chi connectivity index (χ0n) is 21.3. The number of carbonyl (C=O) groups is 1. The molecule has 2 atom stereocenters. The first kappa shape index (κ1) is 30.2. The summed E-state index contributed by atoms with van der Waals surface area (Å²) in [6.45, 7) is 5.55. The Labute approximate surface area is 231 Å². The number of halogens is 2. The minimum Gasteiger partial charge on any atom is -0.465 e. The average molecular weight is 604 g/mol. The monoisotopic (exact) mass is 603 g/mol. The maximum absolute atomic E-state index is 15.9. The van der Waals surface area contributed by atoms with Gasteiger partial charge in [-0.25, -0.2) is 31.8 Å². The van der Waals surface area contributed by atoms with Gasteiger partial charge in [0.05, 0.1) is 11.4 Å². The van der Waals surface area contributed by atoms with Gasteiger partial charge in [0.25, 0.3) is 11.3 Å². The molecule has 0 saturated heterocycles. The van der Waals surface area contributed by atoms with Crippen molar-refractivity contribution < 1.29 is 31.5 Å². The molecule has 0 bridgehead atoms. The van der Waals surface area contributed by atoms with Crippen molar-refractivity contribution in [1.29, 1.82) is 0 Å². The van der Waals surface area contributed by atoms with Gasteiger partial charge >= 0.3 is 6.09 Å². The van der Waals surface area contributed by atoms with Crippen LogP contribution in [-0.2, 0) is 21.1 Å². The van der Waals surface area contributed by atoms with Crippen molar-refractivity contribution in [3.05, 3.63) is 41.4 Å². The van der Waals surface area contributed by atoms with Gasteiger partial charge in [-0.1, -0.05) is 11.6 Å². The minimum absolute atomic E-state index is 0.0274. The van der Waals surface area contributed by atoms with Gasteiger partial charge in [0.15, 0.2) is 15.7 Å². The number of hydrogen-bond acceptors (Lipinski definition) is 8. The number of benzene rings is 1. The van der Waals surface area contributed by atoms with E-state index >= 15 is 4.39 Å². The summed E-state index contributed by atoms with van der Waals surface area (Å²) < 4.78 is 63.4. The Morgan fingerprint density at radius 2 is 1.97 bits per heavy atom. The lowest BCUT2D eigenvalue weighted by Crippen LogP contribution is -2.36. The lowest BCUT2D eigenvalue weighted by Gasteiger charge is -2.21. The van der Waals surface area contributed by atoms with E-state index in [4.69, 9.17) is 16.7 Å². The van der Waals surface area contributed by atoms with E-state index in [2.05, 4.69) is 25.7 Å². The molecule has 0 radical (unpaired) electrons. The zero-order valence-corrected chi connectivity index (χ0v) is 23.7. The summed E-state index contributed by atoms with van der Waals surface area (Å²) in [6, 6.07) is 3.30. The second-order valence-corrected chi connectivity index (χ2v) is 12.4. The zero-order chi connectivity index (χ0) is 29.1. The van der Waals surface area contributed by atoms with E-state index < -0.39 is 50.6 Å². The van der Waals surface area contributed by atoms with Crippen molar-refractivity contribution in [3.63, 3.8) is 0 Å². The van der Waals surface area contributed by atoms with Crippen molar-refractivity contribution in [1.82, 2.24) is 25.1 Å². The molecule has 0 fully saturated rings. The second kappa shape index (κ2) is 12.2. The average Bonchev–Trinajstić information content (AvgIpc) is 3.27. The molecule has 2 unspecified atom stereocenters. The number of carboxylic acid groups (broad SMARTS) is 1. The van der Waals surface area contributed by atoms with Crippen LogP contribution in [0.25, 0.3) is 22.5 Å². The predicted molar refractivity (Wildman–Crippen MR) is 146 cm³/mol. The molecule has 0 spiro atoms. The molecule has 2 heterocycles. The van der Waals surface area contributed by atoms with Crippen LogP contribution in [0.15, 0.2) is 30.6 Å². The Morgan fingerprint density at radius 1 is 1.28 bits per heavy atom. The van der Waals surface area contributed by atoms with Crippen LogP contribution in [0.5, 0.6) is 0 Å². The molecular formula is C22H27ClFN7O6S2. The van der Waals surface area contributed by atoms with Crippen molar-refractivity contribution in [3.8, 4) is 22.5 Å². The number of nitrogens with zero attached hydrogens (tertiary/aromatic N) is 5. The van der Waals surface area contributed by atoms with Crippen LogP contribution in [0.1, 0.15) is 26.8 Å². The molecular weight excluding hydrogens is 577 g/mol. The summed E-state index contributed by atoms with van der Waals surface area (Å²) in [5.41, 5.74) is 0.159. The van der Waals surface area contributed by atoms with E-state index in [1.54, 1.807) is 23.9 Å². The Kier molecular flexibility index (Phi) is 9.47. The number of sulfone groups is 1. The molecule has 3 aromatic rings. The lowest BCUT2D eigenvalue weighted by molar-refractivity contribution is 0.191. The molecule has 39 heavy (non-hydrogen) atoms. The summed E-state index contributed by atoms with van der Waals surface area (Å²) in [6.07, 6.45) is 2.77. The van der Waals surface area contributed by atoms with E-state index in [0.717, 1.165) is 12.3 Å². The fraction of sp³-hybridized carbons (Fsp3) is 0.364. The number of anilines is 2. The summed E-state index contributed by atoms with van der Waals surface area (Å²) in [4.78, 5) is 19.4. The first-order valence-electron chi connectivity index (χ1n) is 11.4.